The lowest BCUT2D eigenvalue weighted by molar-refractivity contribution is 0.103. The Morgan fingerprint density at radius 3 is 2.69 bits per heavy atom. The molecule has 2 aromatic heterocycles. The van der Waals surface area contributed by atoms with Gasteiger partial charge in [0.05, 0.1) is 16.6 Å². The molecule has 0 atom stereocenters. The highest BCUT2D eigenvalue weighted by Gasteiger charge is 2.17. The summed E-state index contributed by atoms with van der Waals surface area (Å²) < 4.78 is 0. The predicted octanol–water partition coefficient (Wildman–Crippen LogP) is 2.13. The summed E-state index contributed by atoms with van der Waals surface area (Å²) in [5, 5.41) is 6.54. The van der Waals surface area contributed by atoms with Crippen LogP contribution in [0.1, 0.15) is 36.2 Å². The molecule has 2 aromatic rings. The van der Waals surface area contributed by atoms with Crippen molar-refractivity contribution in [2.24, 2.45) is 0 Å². The SMILES string of the molecule is Cc1[nH]ncc1C(=O)c1cc(C=O)sc1C. The number of H-pyrrole nitrogens is 1. The number of carbonyl (C=O) groups excluding carboxylic acids is 2. The number of aldehydes is 1. The van der Waals surface area contributed by atoms with Gasteiger partial charge in [-0.25, -0.2) is 0 Å². The molecule has 0 fully saturated rings. The van der Waals surface area contributed by atoms with E-state index >= 15 is 0 Å². The van der Waals surface area contributed by atoms with E-state index < -0.39 is 0 Å². The second-order valence-corrected chi connectivity index (χ2v) is 4.76. The minimum Gasteiger partial charge on any atom is -0.297 e. The summed E-state index contributed by atoms with van der Waals surface area (Å²) in [6, 6.07) is 1.63. The predicted molar refractivity (Wildman–Crippen MR) is 61.2 cm³/mol. The number of carbonyl (C=O) groups is 2. The molecule has 1 N–H and O–H groups in total. The second-order valence-electron chi connectivity index (χ2n) is 3.47. The monoisotopic (exact) mass is 234 g/mol. The standard InChI is InChI=1S/C11H10N2O2S/c1-6-10(4-12-13-6)11(15)9-3-8(5-14)16-7(9)2/h3-5H,1-2H3,(H,12,13). The van der Waals surface area contributed by atoms with Gasteiger partial charge in [0.15, 0.2) is 12.1 Å². The normalized spacial score (nSPS) is 10.4. The summed E-state index contributed by atoms with van der Waals surface area (Å²) >= 11 is 1.33. The molecule has 2 heterocycles. The van der Waals surface area contributed by atoms with Crippen LogP contribution in [0.25, 0.3) is 0 Å². The lowest BCUT2D eigenvalue weighted by Gasteiger charge is -1.97. The maximum absolute atomic E-state index is 12.1. The van der Waals surface area contributed by atoms with E-state index in [-0.39, 0.29) is 5.78 Å². The van der Waals surface area contributed by atoms with Crippen molar-refractivity contribution in [1.82, 2.24) is 10.2 Å². The highest BCUT2D eigenvalue weighted by atomic mass is 32.1. The molecule has 5 heteroatoms. The lowest BCUT2D eigenvalue weighted by atomic mass is 10.1. The van der Waals surface area contributed by atoms with E-state index in [0.29, 0.717) is 16.0 Å². The molecule has 2 rings (SSSR count). The van der Waals surface area contributed by atoms with Crippen LogP contribution in [0.5, 0.6) is 0 Å². The maximum atomic E-state index is 12.1. The summed E-state index contributed by atoms with van der Waals surface area (Å²) in [6.45, 7) is 3.63. The Hall–Kier alpha value is -1.75. The third-order valence-corrected chi connectivity index (χ3v) is 3.35. The van der Waals surface area contributed by atoms with Crippen LogP contribution in [0.3, 0.4) is 0 Å². The van der Waals surface area contributed by atoms with Gasteiger partial charge in [-0.15, -0.1) is 11.3 Å². The van der Waals surface area contributed by atoms with Gasteiger partial charge in [0.2, 0.25) is 0 Å². The number of aromatic amines is 1. The third-order valence-electron chi connectivity index (χ3n) is 2.37. The van der Waals surface area contributed by atoms with E-state index in [0.717, 1.165) is 16.9 Å². The first-order valence-electron chi connectivity index (χ1n) is 4.73. The Kier molecular flexibility index (Phi) is 2.70. The number of aromatic nitrogens is 2. The number of nitrogens with zero attached hydrogens (tertiary/aromatic N) is 1. The van der Waals surface area contributed by atoms with Crippen LogP contribution in [0.2, 0.25) is 0 Å². The molecule has 0 unspecified atom stereocenters. The van der Waals surface area contributed by atoms with Crippen LogP contribution >= 0.6 is 11.3 Å². The molecular formula is C11H10N2O2S. The quantitative estimate of drug-likeness (QED) is 0.653. The third kappa shape index (κ3) is 1.69. The molecule has 82 valence electrons. The van der Waals surface area contributed by atoms with E-state index in [1.54, 1.807) is 13.0 Å². The average Bonchev–Trinajstić information content (AvgIpc) is 2.83. The fourth-order valence-corrected chi connectivity index (χ4v) is 2.35. The summed E-state index contributed by atoms with van der Waals surface area (Å²) in [4.78, 5) is 24.2. The fourth-order valence-electron chi connectivity index (χ4n) is 1.51. The van der Waals surface area contributed by atoms with Gasteiger partial charge in [0, 0.05) is 16.1 Å². The highest BCUT2D eigenvalue weighted by molar-refractivity contribution is 7.14. The summed E-state index contributed by atoms with van der Waals surface area (Å²) in [5.74, 6) is -0.0897. The number of hydrogen-bond donors (Lipinski definition) is 1. The van der Waals surface area contributed by atoms with Gasteiger partial charge >= 0.3 is 0 Å². The molecule has 0 aliphatic rings. The molecule has 0 aromatic carbocycles. The number of nitrogens with one attached hydrogen (secondary N) is 1. The van der Waals surface area contributed by atoms with E-state index in [1.165, 1.54) is 17.5 Å². The van der Waals surface area contributed by atoms with Gasteiger partial charge in [-0.2, -0.15) is 5.10 Å². The molecule has 0 bridgehead atoms. The first-order chi connectivity index (χ1) is 7.63. The maximum Gasteiger partial charge on any atom is 0.197 e. The molecule has 4 nitrogen and oxygen atoms in total. The van der Waals surface area contributed by atoms with Crippen LogP contribution in [0.15, 0.2) is 12.3 Å². The first-order valence-corrected chi connectivity index (χ1v) is 5.55. The number of ketones is 1. The molecule has 0 saturated heterocycles. The van der Waals surface area contributed by atoms with Gasteiger partial charge in [0.25, 0.3) is 0 Å². The highest BCUT2D eigenvalue weighted by Crippen LogP contribution is 2.23. The minimum atomic E-state index is -0.0897. The second kappa shape index (κ2) is 4.02. The van der Waals surface area contributed by atoms with Crippen molar-refractivity contribution < 1.29 is 9.59 Å². The Labute approximate surface area is 96.3 Å². The zero-order valence-corrected chi connectivity index (χ0v) is 9.72. The van der Waals surface area contributed by atoms with Crippen molar-refractivity contribution >= 4 is 23.4 Å². The van der Waals surface area contributed by atoms with E-state index in [4.69, 9.17) is 0 Å². The minimum absolute atomic E-state index is 0.0897. The average molecular weight is 234 g/mol. The zero-order chi connectivity index (χ0) is 11.7. The number of hydrogen-bond acceptors (Lipinski definition) is 4. The Morgan fingerprint density at radius 1 is 1.44 bits per heavy atom. The van der Waals surface area contributed by atoms with Gasteiger partial charge in [-0.3, -0.25) is 14.7 Å². The molecule has 16 heavy (non-hydrogen) atoms. The van der Waals surface area contributed by atoms with Crippen LogP contribution in [-0.2, 0) is 0 Å². The molecule has 0 aliphatic carbocycles. The number of rotatable bonds is 3. The largest absolute Gasteiger partial charge is 0.297 e. The number of aryl methyl sites for hydroxylation is 2. The molecule has 0 saturated carbocycles. The molecule has 0 aliphatic heterocycles. The molecular weight excluding hydrogens is 224 g/mol. The van der Waals surface area contributed by atoms with Crippen LogP contribution in [-0.4, -0.2) is 22.3 Å². The van der Waals surface area contributed by atoms with Crippen molar-refractivity contribution in [3.05, 3.63) is 38.8 Å². The Bertz CT molecular complexity index is 554. The van der Waals surface area contributed by atoms with Crippen molar-refractivity contribution in [3.8, 4) is 0 Å². The molecule has 0 radical (unpaired) electrons. The van der Waals surface area contributed by atoms with Gasteiger partial charge in [-0.1, -0.05) is 0 Å². The first kappa shape index (κ1) is 10.8. The van der Waals surface area contributed by atoms with Crippen LogP contribution in [0.4, 0.5) is 0 Å². The Morgan fingerprint density at radius 2 is 2.19 bits per heavy atom. The van der Waals surface area contributed by atoms with Gasteiger partial charge in [0.1, 0.15) is 0 Å². The topological polar surface area (TPSA) is 62.8 Å². The summed E-state index contributed by atoms with van der Waals surface area (Å²) in [7, 11) is 0. The van der Waals surface area contributed by atoms with E-state index in [9.17, 15) is 9.59 Å². The van der Waals surface area contributed by atoms with Gasteiger partial charge < -0.3 is 0 Å². The fraction of sp³-hybridized carbons (Fsp3) is 0.182. The van der Waals surface area contributed by atoms with Crippen molar-refractivity contribution in [1.29, 1.82) is 0 Å². The zero-order valence-electron chi connectivity index (χ0n) is 8.90. The molecule has 0 amide bonds. The van der Waals surface area contributed by atoms with Crippen LogP contribution < -0.4 is 0 Å². The molecule has 0 spiro atoms. The van der Waals surface area contributed by atoms with Crippen molar-refractivity contribution in [2.75, 3.05) is 0 Å². The summed E-state index contributed by atoms with van der Waals surface area (Å²) in [6.07, 6.45) is 2.27. The number of thiophene rings is 1. The summed E-state index contributed by atoms with van der Waals surface area (Å²) in [5.41, 5.74) is 1.87. The smallest absolute Gasteiger partial charge is 0.197 e. The van der Waals surface area contributed by atoms with Crippen molar-refractivity contribution in [2.45, 2.75) is 13.8 Å². The van der Waals surface area contributed by atoms with Crippen molar-refractivity contribution in [3.63, 3.8) is 0 Å². The lowest BCUT2D eigenvalue weighted by Crippen LogP contribution is -2.01. The Balaban J connectivity index is 2.45. The van der Waals surface area contributed by atoms with Gasteiger partial charge in [-0.05, 0) is 19.9 Å². The van der Waals surface area contributed by atoms with Crippen LogP contribution in [0, 0.1) is 13.8 Å². The van der Waals surface area contributed by atoms with E-state index in [1.807, 2.05) is 6.92 Å². The van der Waals surface area contributed by atoms with E-state index in [2.05, 4.69) is 10.2 Å².